The van der Waals surface area contributed by atoms with Crippen molar-refractivity contribution < 1.29 is 19.7 Å². The molecular weight excluding hydrogens is 323 g/mol. The first kappa shape index (κ1) is 17.0. The van der Waals surface area contributed by atoms with Crippen molar-refractivity contribution >= 4 is 5.69 Å². The van der Waals surface area contributed by atoms with Crippen LogP contribution >= 0.6 is 0 Å². The Morgan fingerprint density at radius 1 is 0.960 bits per heavy atom. The molecule has 3 N–H and O–H groups in total. The van der Waals surface area contributed by atoms with Gasteiger partial charge in [-0.05, 0) is 42.3 Å². The summed E-state index contributed by atoms with van der Waals surface area (Å²) in [7, 11) is 0. The number of phenols is 1. The Morgan fingerprint density at radius 2 is 1.60 bits per heavy atom. The second-order valence-electron chi connectivity index (χ2n) is 5.85. The Balaban J connectivity index is 2.21. The number of phenolic OH excluding ortho intramolecular Hbond substituents is 1. The summed E-state index contributed by atoms with van der Waals surface area (Å²) in [6.07, 6.45) is 2.05. The standard InChI is InChI=1S/C19H17FN2O3/c1-13-11-15(20)12-18(19(13,24)25,14-7-3-2-4-8-14)22-21-16-9-5-6-10-17(16)23/h2-12,23-25H,1H3. The summed E-state index contributed by atoms with van der Waals surface area (Å²) in [6.45, 7) is 1.40. The number of rotatable bonds is 3. The Hall–Kier alpha value is -2.83. The zero-order valence-electron chi connectivity index (χ0n) is 13.5. The van der Waals surface area contributed by atoms with Crippen molar-refractivity contribution in [1.29, 1.82) is 0 Å². The van der Waals surface area contributed by atoms with E-state index in [9.17, 15) is 19.7 Å². The maximum atomic E-state index is 14.2. The molecule has 0 spiro atoms. The molecule has 25 heavy (non-hydrogen) atoms. The Bertz CT molecular complexity index is 875. The van der Waals surface area contributed by atoms with Gasteiger partial charge in [0, 0.05) is 0 Å². The van der Waals surface area contributed by atoms with Gasteiger partial charge in [-0.15, -0.1) is 0 Å². The van der Waals surface area contributed by atoms with Gasteiger partial charge in [0.25, 0.3) is 0 Å². The van der Waals surface area contributed by atoms with E-state index in [0.717, 1.165) is 12.2 Å². The van der Waals surface area contributed by atoms with E-state index in [2.05, 4.69) is 10.2 Å². The summed E-state index contributed by atoms with van der Waals surface area (Å²) in [4.78, 5) is 0. The van der Waals surface area contributed by atoms with Crippen molar-refractivity contribution in [2.45, 2.75) is 18.2 Å². The normalized spacial score (nSPS) is 22.6. The van der Waals surface area contributed by atoms with E-state index in [4.69, 9.17) is 0 Å². The van der Waals surface area contributed by atoms with Crippen LogP contribution in [0.15, 0.2) is 88.4 Å². The molecule has 0 radical (unpaired) electrons. The molecule has 1 atom stereocenters. The number of hydrogen-bond acceptors (Lipinski definition) is 5. The van der Waals surface area contributed by atoms with Gasteiger partial charge in [-0.25, -0.2) is 4.39 Å². The number of azo groups is 1. The maximum absolute atomic E-state index is 14.2. The van der Waals surface area contributed by atoms with Crippen molar-refractivity contribution in [3.63, 3.8) is 0 Å². The van der Waals surface area contributed by atoms with Crippen LogP contribution in [0.4, 0.5) is 10.1 Å². The number of para-hydroxylation sites is 1. The molecule has 6 heteroatoms. The molecule has 1 aliphatic rings. The third kappa shape index (κ3) is 2.86. The molecule has 0 saturated heterocycles. The van der Waals surface area contributed by atoms with Crippen LogP contribution in [0.25, 0.3) is 0 Å². The molecule has 0 amide bonds. The monoisotopic (exact) mass is 340 g/mol. The summed E-state index contributed by atoms with van der Waals surface area (Å²) >= 11 is 0. The minimum Gasteiger partial charge on any atom is -0.506 e. The van der Waals surface area contributed by atoms with Crippen LogP contribution in [0.5, 0.6) is 5.75 Å². The molecule has 0 saturated carbocycles. The van der Waals surface area contributed by atoms with Gasteiger partial charge in [0.05, 0.1) is 0 Å². The van der Waals surface area contributed by atoms with Crippen molar-refractivity contribution in [1.82, 2.24) is 0 Å². The number of nitrogens with zero attached hydrogens (tertiary/aromatic N) is 2. The summed E-state index contributed by atoms with van der Waals surface area (Å²) in [6, 6.07) is 14.5. The summed E-state index contributed by atoms with van der Waals surface area (Å²) in [5.41, 5.74) is -1.41. The molecule has 0 heterocycles. The first-order valence-electron chi connectivity index (χ1n) is 7.65. The molecule has 1 aliphatic carbocycles. The van der Waals surface area contributed by atoms with Gasteiger partial charge in [-0.2, -0.15) is 10.2 Å². The molecule has 0 aliphatic heterocycles. The minimum atomic E-state index is -2.49. The lowest BCUT2D eigenvalue weighted by Crippen LogP contribution is -2.51. The van der Waals surface area contributed by atoms with Gasteiger partial charge in [0.15, 0.2) is 5.54 Å². The Kier molecular flexibility index (Phi) is 4.24. The maximum Gasteiger partial charge on any atom is 0.222 e. The predicted molar refractivity (Wildman–Crippen MR) is 90.9 cm³/mol. The molecule has 0 fully saturated rings. The topological polar surface area (TPSA) is 85.4 Å². The van der Waals surface area contributed by atoms with E-state index < -0.39 is 17.2 Å². The van der Waals surface area contributed by atoms with Crippen molar-refractivity contribution in [2.24, 2.45) is 10.2 Å². The zero-order valence-corrected chi connectivity index (χ0v) is 13.5. The Labute approximate surface area is 144 Å². The van der Waals surface area contributed by atoms with Crippen LogP contribution in [-0.2, 0) is 5.54 Å². The van der Waals surface area contributed by atoms with E-state index in [1.807, 2.05) is 0 Å². The number of hydrogen-bond donors (Lipinski definition) is 3. The van der Waals surface area contributed by atoms with Crippen LogP contribution in [0.2, 0.25) is 0 Å². The lowest BCUT2D eigenvalue weighted by Gasteiger charge is -2.40. The largest absolute Gasteiger partial charge is 0.506 e. The van der Waals surface area contributed by atoms with Gasteiger partial charge in [-0.3, -0.25) is 0 Å². The smallest absolute Gasteiger partial charge is 0.222 e. The third-order valence-corrected chi connectivity index (χ3v) is 4.19. The SMILES string of the molecule is CC1=CC(F)=CC(N=Nc2ccccc2O)(c2ccccc2)C1(O)O. The Morgan fingerprint density at radius 3 is 2.28 bits per heavy atom. The first-order valence-corrected chi connectivity index (χ1v) is 7.65. The highest BCUT2D eigenvalue weighted by Crippen LogP contribution is 2.46. The number of benzene rings is 2. The van der Waals surface area contributed by atoms with Crippen LogP contribution < -0.4 is 0 Å². The number of aliphatic hydroxyl groups is 2. The van der Waals surface area contributed by atoms with Crippen LogP contribution in [0, 0.1) is 0 Å². The molecule has 128 valence electrons. The van der Waals surface area contributed by atoms with Gasteiger partial charge in [0.1, 0.15) is 17.3 Å². The molecule has 3 rings (SSSR count). The van der Waals surface area contributed by atoms with E-state index in [0.29, 0.717) is 5.56 Å². The fourth-order valence-corrected chi connectivity index (χ4v) is 2.76. The fraction of sp³-hybridized carbons (Fsp3) is 0.158. The van der Waals surface area contributed by atoms with E-state index in [1.165, 1.54) is 19.1 Å². The average molecular weight is 340 g/mol. The third-order valence-electron chi connectivity index (χ3n) is 4.19. The summed E-state index contributed by atoms with van der Waals surface area (Å²) in [5, 5.41) is 39.3. The summed E-state index contributed by atoms with van der Waals surface area (Å²) < 4.78 is 14.2. The van der Waals surface area contributed by atoms with Crippen LogP contribution in [0.3, 0.4) is 0 Å². The average Bonchev–Trinajstić information content (AvgIpc) is 2.59. The van der Waals surface area contributed by atoms with Gasteiger partial charge in [0.2, 0.25) is 5.79 Å². The predicted octanol–water partition coefficient (Wildman–Crippen LogP) is 3.87. The summed E-state index contributed by atoms with van der Waals surface area (Å²) in [5.74, 6) is -3.27. The second kappa shape index (κ2) is 6.23. The quantitative estimate of drug-likeness (QED) is 0.586. The minimum absolute atomic E-state index is 0.00686. The van der Waals surface area contributed by atoms with E-state index in [1.54, 1.807) is 42.5 Å². The molecule has 2 aromatic carbocycles. The van der Waals surface area contributed by atoms with Crippen LogP contribution in [0.1, 0.15) is 12.5 Å². The molecular formula is C19H17FN2O3. The molecule has 0 bridgehead atoms. The molecule has 5 nitrogen and oxygen atoms in total. The first-order chi connectivity index (χ1) is 11.9. The fourth-order valence-electron chi connectivity index (χ4n) is 2.76. The van der Waals surface area contributed by atoms with Crippen molar-refractivity contribution in [2.75, 3.05) is 0 Å². The van der Waals surface area contributed by atoms with E-state index >= 15 is 0 Å². The van der Waals surface area contributed by atoms with Crippen molar-refractivity contribution in [3.8, 4) is 5.75 Å². The van der Waals surface area contributed by atoms with Gasteiger partial charge >= 0.3 is 0 Å². The molecule has 2 aromatic rings. The highest BCUT2D eigenvalue weighted by atomic mass is 19.1. The van der Waals surface area contributed by atoms with Crippen LogP contribution in [-0.4, -0.2) is 21.1 Å². The number of allylic oxidation sites excluding steroid dienone is 2. The second-order valence-corrected chi connectivity index (χ2v) is 5.85. The lowest BCUT2D eigenvalue weighted by atomic mass is 9.76. The van der Waals surface area contributed by atoms with Gasteiger partial charge < -0.3 is 15.3 Å². The molecule has 1 unspecified atom stereocenters. The van der Waals surface area contributed by atoms with Gasteiger partial charge in [-0.1, -0.05) is 42.5 Å². The lowest BCUT2D eigenvalue weighted by molar-refractivity contribution is -0.171. The number of aromatic hydroxyl groups is 1. The highest BCUT2D eigenvalue weighted by molar-refractivity contribution is 5.50. The molecule has 0 aromatic heterocycles. The number of halogens is 1. The van der Waals surface area contributed by atoms with Crippen molar-refractivity contribution in [3.05, 3.63) is 83.7 Å². The zero-order chi connectivity index (χ0) is 18.1. The van der Waals surface area contributed by atoms with E-state index in [-0.39, 0.29) is 17.0 Å². The highest BCUT2D eigenvalue weighted by Gasteiger charge is 2.54.